The third-order valence-electron chi connectivity index (χ3n) is 2.51. The van der Waals surface area contributed by atoms with Crippen LogP contribution in [0.5, 0.6) is 0 Å². The Balaban J connectivity index is 1.80. The number of nitrogens with one attached hydrogen (secondary N) is 1. The van der Waals surface area contributed by atoms with E-state index in [2.05, 4.69) is 30.9 Å². The Morgan fingerprint density at radius 2 is 2.33 bits per heavy atom. The van der Waals surface area contributed by atoms with Crippen LogP contribution in [0.4, 0.5) is 5.88 Å². The Morgan fingerprint density at radius 1 is 1.57 bits per heavy atom. The number of aryl methyl sites for hydroxylation is 1. The van der Waals surface area contributed by atoms with Crippen LogP contribution < -0.4 is 11.1 Å². The highest BCUT2D eigenvalue weighted by atomic mass is 79.9. The van der Waals surface area contributed by atoms with Gasteiger partial charge in [-0.2, -0.15) is 0 Å². The zero-order chi connectivity index (χ0) is 15.4. The number of esters is 1. The lowest BCUT2D eigenvalue weighted by atomic mass is 10.2. The second-order valence-electron chi connectivity index (χ2n) is 4.09. The van der Waals surface area contributed by atoms with Gasteiger partial charge in [-0.1, -0.05) is 5.16 Å². The highest BCUT2D eigenvalue weighted by Crippen LogP contribution is 2.19. The van der Waals surface area contributed by atoms with E-state index in [0.29, 0.717) is 12.2 Å². The van der Waals surface area contributed by atoms with E-state index in [1.807, 2.05) is 11.4 Å². The molecule has 0 aliphatic heterocycles. The fourth-order valence-corrected chi connectivity index (χ4v) is 2.91. The van der Waals surface area contributed by atoms with Crippen LogP contribution in [-0.2, 0) is 16.1 Å². The van der Waals surface area contributed by atoms with Crippen LogP contribution in [0.3, 0.4) is 0 Å². The monoisotopic (exact) mass is 373 g/mol. The van der Waals surface area contributed by atoms with Gasteiger partial charge in [0, 0.05) is 14.7 Å². The molecule has 1 amide bonds. The summed E-state index contributed by atoms with van der Waals surface area (Å²) in [5.74, 6) is -1.26. The first-order valence-corrected chi connectivity index (χ1v) is 7.53. The summed E-state index contributed by atoms with van der Waals surface area (Å²) in [7, 11) is 0. The van der Waals surface area contributed by atoms with Crippen LogP contribution in [0.1, 0.15) is 20.9 Å². The molecule has 0 unspecified atom stereocenters. The first-order chi connectivity index (χ1) is 9.97. The molecule has 21 heavy (non-hydrogen) atoms. The van der Waals surface area contributed by atoms with Gasteiger partial charge < -0.3 is 20.3 Å². The van der Waals surface area contributed by atoms with E-state index in [4.69, 9.17) is 10.5 Å². The van der Waals surface area contributed by atoms with Gasteiger partial charge in [-0.05, 0) is 28.9 Å². The summed E-state index contributed by atoms with van der Waals surface area (Å²) in [5, 5.41) is 8.10. The number of hydrogen-bond donors (Lipinski definition) is 2. The molecule has 0 radical (unpaired) electrons. The van der Waals surface area contributed by atoms with Crippen molar-refractivity contribution in [2.24, 2.45) is 0 Å². The molecule has 7 nitrogen and oxygen atoms in total. The Kier molecular flexibility index (Phi) is 4.97. The van der Waals surface area contributed by atoms with Gasteiger partial charge >= 0.3 is 5.97 Å². The van der Waals surface area contributed by atoms with Gasteiger partial charge in [0.05, 0.1) is 12.2 Å². The molecular formula is C12H12BrN3O4S. The summed E-state index contributed by atoms with van der Waals surface area (Å²) in [5.41, 5.74) is 5.82. The van der Waals surface area contributed by atoms with Crippen LogP contribution >= 0.6 is 27.3 Å². The van der Waals surface area contributed by atoms with E-state index in [1.165, 1.54) is 11.3 Å². The molecular weight excluding hydrogens is 362 g/mol. The summed E-state index contributed by atoms with van der Waals surface area (Å²) in [4.78, 5) is 24.3. The molecule has 2 rings (SSSR count). The number of aromatic nitrogens is 1. The lowest BCUT2D eigenvalue weighted by Crippen LogP contribution is -2.28. The van der Waals surface area contributed by atoms with Gasteiger partial charge in [0.25, 0.3) is 5.91 Å². The molecule has 0 aromatic carbocycles. The highest BCUT2D eigenvalue weighted by molar-refractivity contribution is 9.10. The normalized spacial score (nSPS) is 10.4. The third-order valence-corrected chi connectivity index (χ3v) is 4.21. The number of ether oxygens (including phenoxy) is 1. The lowest BCUT2D eigenvalue weighted by Gasteiger charge is -2.05. The third kappa shape index (κ3) is 4.05. The minimum Gasteiger partial charge on any atom is -0.452 e. The molecule has 2 aromatic rings. The quantitative estimate of drug-likeness (QED) is 0.774. The van der Waals surface area contributed by atoms with E-state index in [-0.39, 0.29) is 11.4 Å². The number of nitrogens with two attached hydrogens (primary N) is 1. The topological polar surface area (TPSA) is 107 Å². The minimum absolute atomic E-state index is 0.0463. The van der Waals surface area contributed by atoms with Crippen LogP contribution in [0, 0.1) is 6.92 Å². The van der Waals surface area contributed by atoms with Gasteiger partial charge in [-0.15, -0.1) is 11.3 Å². The molecule has 0 saturated heterocycles. The molecule has 0 saturated carbocycles. The van der Waals surface area contributed by atoms with Crippen molar-refractivity contribution in [3.05, 3.63) is 32.1 Å². The van der Waals surface area contributed by atoms with Crippen molar-refractivity contribution < 1.29 is 18.8 Å². The average molecular weight is 374 g/mol. The zero-order valence-electron chi connectivity index (χ0n) is 11.0. The fourth-order valence-electron chi connectivity index (χ4n) is 1.52. The summed E-state index contributed by atoms with van der Waals surface area (Å²) in [6.07, 6.45) is 0. The van der Waals surface area contributed by atoms with E-state index >= 15 is 0 Å². The van der Waals surface area contributed by atoms with Crippen molar-refractivity contribution in [1.82, 2.24) is 10.5 Å². The van der Waals surface area contributed by atoms with E-state index in [1.54, 1.807) is 6.92 Å². The Morgan fingerprint density at radius 3 is 2.90 bits per heavy atom. The molecule has 0 spiro atoms. The number of hydrogen-bond acceptors (Lipinski definition) is 7. The van der Waals surface area contributed by atoms with E-state index < -0.39 is 18.5 Å². The number of nitrogen functional groups attached to an aromatic ring is 1. The Hall–Kier alpha value is -1.87. The summed E-state index contributed by atoms with van der Waals surface area (Å²) >= 11 is 4.84. The molecule has 3 N–H and O–H groups in total. The molecule has 2 heterocycles. The Labute approximate surface area is 132 Å². The van der Waals surface area contributed by atoms with Gasteiger partial charge in [-0.3, -0.25) is 4.79 Å². The number of halogens is 1. The minimum atomic E-state index is -0.736. The van der Waals surface area contributed by atoms with E-state index in [0.717, 1.165) is 9.35 Å². The SMILES string of the molecule is Cc1noc(N)c1C(=O)OCC(=O)NCc1cc(Br)cs1. The second kappa shape index (κ2) is 6.72. The lowest BCUT2D eigenvalue weighted by molar-refractivity contribution is -0.124. The first kappa shape index (κ1) is 15.5. The Bertz CT molecular complexity index is 648. The van der Waals surface area contributed by atoms with Crippen molar-refractivity contribution >= 4 is 45.0 Å². The number of anilines is 1. The zero-order valence-corrected chi connectivity index (χ0v) is 13.4. The summed E-state index contributed by atoms with van der Waals surface area (Å²) in [6, 6.07) is 1.90. The maximum Gasteiger partial charge on any atom is 0.346 e. The number of carbonyl (C=O) groups is 2. The molecule has 0 bridgehead atoms. The number of carbonyl (C=O) groups excluding carboxylic acids is 2. The highest BCUT2D eigenvalue weighted by Gasteiger charge is 2.20. The van der Waals surface area contributed by atoms with Crippen LogP contribution in [-0.4, -0.2) is 23.6 Å². The molecule has 9 heteroatoms. The molecule has 0 atom stereocenters. The standard InChI is InChI=1S/C12H12BrN3O4S/c1-6-10(11(14)20-16-6)12(18)19-4-9(17)15-3-8-2-7(13)5-21-8/h2,5H,3-4,14H2,1H3,(H,15,17). The van der Waals surface area contributed by atoms with Gasteiger partial charge in [0.1, 0.15) is 5.56 Å². The molecule has 0 fully saturated rings. The van der Waals surface area contributed by atoms with Crippen LogP contribution in [0.25, 0.3) is 0 Å². The summed E-state index contributed by atoms with van der Waals surface area (Å²) in [6.45, 7) is 1.54. The van der Waals surface area contributed by atoms with E-state index in [9.17, 15) is 9.59 Å². The van der Waals surface area contributed by atoms with Crippen molar-refractivity contribution in [3.8, 4) is 0 Å². The predicted molar refractivity (Wildman–Crippen MR) is 79.8 cm³/mol. The van der Waals surface area contributed by atoms with Gasteiger partial charge in [-0.25, -0.2) is 4.79 Å². The number of rotatable bonds is 5. The largest absolute Gasteiger partial charge is 0.452 e. The molecule has 0 aliphatic rings. The van der Waals surface area contributed by atoms with Gasteiger partial charge in [0.2, 0.25) is 5.88 Å². The summed E-state index contributed by atoms with van der Waals surface area (Å²) < 4.78 is 10.5. The maximum atomic E-state index is 11.7. The maximum absolute atomic E-state index is 11.7. The molecule has 0 aliphatic carbocycles. The van der Waals surface area contributed by atoms with Crippen molar-refractivity contribution in [2.45, 2.75) is 13.5 Å². The number of nitrogens with zero attached hydrogens (tertiary/aromatic N) is 1. The van der Waals surface area contributed by atoms with Crippen LogP contribution in [0.15, 0.2) is 20.4 Å². The van der Waals surface area contributed by atoms with Crippen LogP contribution in [0.2, 0.25) is 0 Å². The first-order valence-electron chi connectivity index (χ1n) is 5.86. The molecule has 2 aromatic heterocycles. The van der Waals surface area contributed by atoms with Crippen molar-refractivity contribution in [2.75, 3.05) is 12.3 Å². The van der Waals surface area contributed by atoms with Crippen molar-refractivity contribution in [1.29, 1.82) is 0 Å². The molecule has 112 valence electrons. The number of amides is 1. The van der Waals surface area contributed by atoms with Crippen molar-refractivity contribution in [3.63, 3.8) is 0 Å². The van der Waals surface area contributed by atoms with Gasteiger partial charge in [0.15, 0.2) is 6.61 Å². The smallest absolute Gasteiger partial charge is 0.346 e. The average Bonchev–Trinajstić information content (AvgIpc) is 3.00. The number of thiophene rings is 1. The fraction of sp³-hybridized carbons (Fsp3) is 0.250. The second-order valence-corrected chi connectivity index (χ2v) is 6.00. The predicted octanol–water partition coefficient (Wildman–Crippen LogP) is 1.86.